The van der Waals surface area contributed by atoms with Crippen molar-refractivity contribution in [1.82, 2.24) is 0 Å². The van der Waals surface area contributed by atoms with Gasteiger partial charge in [0.25, 0.3) is 0 Å². The molecule has 1 nitrogen and oxygen atoms in total. The minimum absolute atomic E-state index is 0.736. The van der Waals surface area contributed by atoms with E-state index in [1.807, 2.05) is 18.2 Å². The summed E-state index contributed by atoms with van der Waals surface area (Å²) in [7, 11) is 0. The highest BCUT2D eigenvalue weighted by Crippen LogP contribution is 2.33. The van der Waals surface area contributed by atoms with Gasteiger partial charge in [-0.2, -0.15) is 0 Å². The van der Waals surface area contributed by atoms with Crippen LogP contribution in [0.4, 0.5) is 0 Å². The van der Waals surface area contributed by atoms with Crippen LogP contribution in [0.3, 0.4) is 0 Å². The Balaban J connectivity index is 2.03. The molecule has 0 amide bonds. The van der Waals surface area contributed by atoms with Gasteiger partial charge in [0.05, 0.1) is 11.1 Å². The third kappa shape index (κ3) is 3.39. The summed E-state index contributed by atoms with van der Waals surface area (Å²) in [5.41, 5.74) is 0. The van der Waals surface area contributed by atoms with Crippen LogP contribution in [-0.4, -0.2) is 12.5 Å². The molecule has 0 aliphatic rings. The molecule has 0 saturated carbocycles. The Hall–Kier alpha value is -0.730. The molecule has 0 aliphatic carbocycles. The van der Waals surface area contributed by atoms with Crippen LogP contribution in [0.2, 0.25) is 0 Å². The van der Waals surface area contributed by atoms with E-state index in [0.29, 0.717) is 0 Å². The summed E-state index contributed by atoms with van der Waals surface area (Å²) in [5, 5.41) is 2.41. The molecule has 0 heterocycles. The predicted molar refractivity (Wildman–Crippen MR) is 81.7 cm³/mol. The Labute approximate surface area is 121 Å². The molecule has 0 saturated heterocycles. The van der Waals surface area contributed by atoms with Gasteiger partial charge in [-0.15, -0.1) is 11.6 Å². The van der Waals surface area contributed by atoms with Crippen molar-refractivity contribution >= 4 is 38.3 Å². The Bertz CT molecular complexity index is 513. The second-order valence-electron chi connectivity index (χ2n) is 4.20. The molecule has 2 rings (SSSR count). The Morgan fingerprint density at radius 1 is 1.00 bits per heavy atom. The molecule has 96 valence electrons. The average Bonchev–Trinajstić information content (AvgIpc) is 2.41. The molecule has 0 bridgehead atoms. The van der Waals surface area contributed by atoms with Crippen LogP contribution in [0, 0.1) is 0 Å². The first-order valence-corrected chi connectivity index (χ1v) is 7.51. The lowest BCUT2D eigenvalue weighted by molar-refractivity contribution is 0.305. The quantitative estimate of drug-likeness (QED) is 0.510. The Morgan fingerprint density at radius 3 is 2.67 bits per heavy atom. The maximum atomic E-state index is 5.80. The van der Waals surface area contributed by atoms with Crippen LogP contribution in [0.5, 0.6) is 5.75 Å². The molecule has 0 spiro atoms. The maximum absolute atomic E-state index is 5.80. The van der Waals surface area contributed by atoms with Gasteiger partial charge in [-0.25, -0.2) is 0 Å². The van der Waals surface area contributed by atoms with Crippen molar-refractivity contribution in [2.24, 2.45) is 0 Å². The molecule has 0 unspecified atom stereocenters. The number of fused-ring (bicyclic) bond motifs is 1. The maximum Gasteiger partial charge on any atom is 0.134 e. The van der Waals surface area contributed by atoms with Gasteiger partial charge in [0, 0.05) is 5.88 Å². The van der Waals surface area contributed by atoms with E-state index in [1.165, 1.54) is 10.8 Å². The smallest absolute Gasteiger partial charge is 0.134 e. The number of unbranched alkanes of at least 4 members (excludes halogenated alkanes) is 2. The molecule has 2 aromatic carbocycles. The summed E-state index contributed by atoms with van der Waals surface area (Å²) in [5.74, 6) is 1.65. The van der Waals surface area contributed by atoms with Gasteiger partial charge < -0.3 is 4.74 Å². The van der Waals surface area contributed by atoms with E-state index in [1.54, 1.807) is 0 Å². The average molecular weight is 328 g/mol. The summed E-state index contributed by atoms with van der Waals surface area (Å²) in [6.45, 7) is 0.744. The zero-order valence-electron chi connectivity index (χ0n) is 10.2. The van der Waals surface area contributed by atoms with Crippen molar-refractivity contribution in [3.05, 3.63) is 40.9 Å². The van der Waals surface area contributed by atoms with E-state index < -0.39 is 0 Å². The molecule has 0 aromatic heterocycles. The fraction of sp³-hybridized carbons (Fsp3) is 0.333. The van der Waals surface area contributed by atoms with Crippen molar-refractivity contribution in [2.45, 2.75) is 19.3 Å². The highest BCUT2D eigenvalue weighted by molar-refractivity contribution is 9.10. The van der Waals surface area contributed by atoms with Gasteiger partial charge in [-0.3, -0.25) is 0 Å². The first-order valence-electron chi connectivity index (χ1n) is 6.19. The molecule has 3 heteroatoms. The largest absolute Gasteiger partial charge is 0.492 e. The minimum atomic E-state index is 0.736. The van der Waals surface area contributed by atoms with E-state index in [4.69, 9.17) is 16.3 Å². The van der Waals surface area contributed by atoms with Gasteiger partial charge in [0.15, 0.2) is 0 Å². The van der Waals surface area contributed by atoms with E-state index in [0.717, 1.165) is 42.0 Å². The summed E-state index contributed by atoms with van der Waals surface area (Å²) >= 11 is 9.26. The second kappa shape index (κ2) is 7.01. The SMILES string of the molecule is ClCCCCCOc1ccc2ccccc2c1Br. The van der Waals surface area contributed by atoms with Gasteiger partial charge >= 0.3 is 0 Å². The van der Waals surface area contributed by atoms with Crippen LogP contribution in [0.15, 0.2) is 40.9 Å². The second-order valence-corrected chi connectivity index (χ2v) is 5.37. The van der Waals surface area contributed by atoms with Crippen molar-refractivity contribution in [2.75, 3.05) is 12.5 Å². The first-order chi connectivity index (χ1) is 8.83. The standard InChI is InChI=1S/C15H16BrClO/c16-15-13-7-3-2-6-12(13)8-9-14(15)18-11-5-1-4-10-17/h2-3,6-9H,1,4-5,10-11H2. The number of alkyl halides is 1. The van der Waals surface area contributed by atoms with E-state index >= 15 is 0 Å². The predicted octanol–water partition coefficient (Wildman–Crippen LogP) is 5.39. The molecule has 0 fully saturated rings. The van der Waals surface area contributed by atoms with Gasteiger partial charge in [0.2, 0.25) is 0 Å². The van der Waals surface area contributed by atoms with E-state index in [2.05, 4.69) is 34.1 Å². The highest BCUT2D eigenvalue weighted by atomic mass is 79.9. The number of halogens is 2. The zero-order valence-corrected chi connectivity index (χ0v) is 12.5. The van der Waals surface area contributed by atoms with E-state index in [9.17, 15) is 0 Å². The van der Waals surface area contributed by atoms with Crippen LogP contribution < -0.4 is 4.74 Å². The summed E-state index contributed by atoms with van der Waals surface area (Å²) < 4.78 is 6.84. The molecule has 2 aromatic rings. The lowest BCUT2D eigenvalue weighted by Gasteiger charge is -2.10. The van der Waals surface area contributed by atoms with Crippen molar-refractivity contribution in [3.8, 4) is 5.75 Å². The van der Waals surface area contributed by atoms with E-state index in [-0.39, 0.29) is 0 Å². The molecule has 0 N–H and O–H groups in total. The van der Waals surface area contributed by atoms with Crippen molar-refractivity contribution < 1.29 is 4.74 Å². The minimum Gasteiger partial charge on any atom is -0.492 e. The summed E-state index contributed by atoms with van der Waals surface area (Å²) in [6, 6.07) is 12.4. The molecular weight excluding hydrogens is 312 g/mol. The lowest BCUT2D eigenvalue weighted by Crippen LogP contribution is -1.98. The molecule has 18 heavy (non-hydrogen) atoms. The molecule has 0 aliphatic heterocycles. The summed E-state index contributed by atoms with van der Waals surface area (Å²) in [6.07, 6.45) is 3.23. The van der Waals surface area contributed by atoms with Crippen molar-refractivity contribution in [1.29, 1.82) is 0 Å². The number of hydrogen-bond acceptors (Lipinski definition) is 1. The Morgan fingerprint density at radius 2 is 1.83 bits per heavy atom. The first kappa shape index (κ1) is 13.7. The number of hydrogen-bond donors (Lipinski definition) is 0. The van der Waals surface area contributed by atoms with Crippen LogP contribution in [0.25, 0.3) is 10.8 Å². The molecule has 0 atom stereocenters. The molecule has 0 radical (unpaired) electrons. The molecular formula is C15H16BrClO. The lowest BCUT2D eigenvalue weighted by atomic mass is 10.1. The van der Waals surface area contributed by atoms with Crippen molar-refractivity contribution in [3.63, 3.8) is 0 Å². The fourth-order valence-corrected chi connectivity index (χ4v) is 2.68. The number of rotatable bonds is 6. The topological polar surface area (TPSA) is 9.23 Å². The number of ether oxygens (including phenoxy) is 1. The van der Waals surface area contributed by atoms with Crippen LogP contribution >= 0.6 is 27.5 Å². The van der Waals surface area contributed by atoms with Crippen LogP contribution in [-0.2, 0) is 0 Å². The highest BCUT2D eigenvalue weighted by Gasteiger charge is 2.05. The van der Waals surface area contributed by atoms with Gasteiger partial charge in [-0.05, 0) is 52.0 Å². The third-order valence-corrected chi connectivity index (χ3v) is 3.95. The monoisotopic (exact) mass is 326 g/mol. The fourth-order valence-electron chi connectivity index (χ4n) is 1.88. The third-order valence-electron chi connectivity index (χ3n) is 2.86. The normalized spacial score (nSPS) is 10.8. The van der Waals surface area contributed by atoms with Gasteiger partial charge in [-0.1, -0.05) is 30.3 Å². The summed E-state index contributed by atoms with van der Waals surface area (Å²) in [4.78, 5) is 0. The Kier molecular flexibility index (Phi) is 5.33. The van der Waals surface area contributed by atoms with Crippen LogP contribution in [0.1, 0.15) is 19.3 Å². The number of benzene rings is 2. The van der Waals surface area contributed by atoms with Gasteiger partial charge in [0.1, 0.15) is 5.75 Å². The zero-order chi connectivity index (χ0) is 12.8.